The maximum Gasteiger partial charge on any atom is 0.446 e. The molecule has 0 aliphatic rings. The predicted molar refractivity (Wildman–Crippen MR) is 38.5 cm³/mol. The summed E-state index contributed by atoms with van der Waals surface area (Å²) in [5, 5.41) is 3.53. The molecule has 2 aromatic heterocycles. The van der Waals surface area contributed by atoms with Gasteiger partial charge < -0.3 is 0 Å². The monoisotopic (exact) mass is 150 g/mol. The van der Waals surface area contributed by atoms with Crippen LogP contribution >= 0.6 is 0 Å². The van der Waals surface area contributed by atoms with E-state index in [-0.39, 0.29) is 0 Å². The number of hydrogen-bond acceptors (Lipinski definition) is 3. The molecule has 4 nitrogen and oxygen atoms in total. The lowest BCUT2D eigenvalue weighted by Gasteiger charge is -1.89. The van der Waals surface area contributed by atoms with E-state index in [4.69, 9.17) is 0 Å². The van der Waals surface area contributed by atoms with E-state index in [1.165, 1.54) is 4.40 Å². The van der Waals surface area contributed by atoms with Crippen LogP contribution in [0.5, 0.6) is 0 Å². The zero-order valence-electron chi connectivity index (χ0n) is 5.94. The first-order valence-corrected chi connectivity index (χ1v) is 3.22. The van der Waals surface area contributed by atoms with Crippen molar-refractivity contribution in [2.75, 3.05) is 0 Å². The number of nitrogens with zero attached hydrogens (tertiary/aromatic N) is 2. The summed E-state index contributed by atoms with van der Waals surface area (Å²) in [4.78, 5) is 10.9. The summed E-state index contributed by atoms with van der Waals surface area (Å²) in [6.45, 7) is 1.90. The summed E-state index contributed by atoms with van der Waals surface area (Å²) in [6.07, 6.45) is 1.69. The number of fused-ring (bicyclic) bond motifs is 1. The van der Waals surface area contributed by atoms with Gasteiger partial charge in [0.2, 0.25) is 0 Å². The van der Waals surface area contributed by atoms with Crippen molar-refractivity contribution in [2.24, 2.45) is 0 Å². The Morgan fingerprint density at radius 2 is 2.36 bits per heavy atom. The van der Waals surface area contributed by atoms with Gasteiger partial charge in [-0.1, -0.05) is 11.2 Å². The summed E-state index contributed by atoms with van der Waals surface area (Å²) >= 11 is 0. The van der Waals surface area contributed by atoms with E-state index in [9.17, 15) is 4.79 Å². The molecule has 0 amide bonds. The molecule has 0 radical (unpaired) electrons. The van der Waals surface area contributed by atoms with E-state index in [0.717, 1.165) is 5.56 Å². The van der Waals surface area contributed by atoms with Crippen molar-refractivity contribution in [1.82, 2.24) is 9.56 Å². The van der Waals surface area contributed by atoms with E-state index < -0.39 is 5.76 Å². The average molecular weight is 150 g/mol. The number of aryl methyl sites for hydroxylation is 1. The van der Waals surface area contributed by atoms with Gasteiger partial charge >= 0.3 is 5.76 Å². The van der Waals surface area contributed by atoms with Crippen molar-refractivity contribution in [3.63, 3.8) is 0 Å². The van der Waals surface area contributed by atoms with Gasteiger partial charge in [-0.05, 0) is 18.6 Å². The summed E-state index contributed by atoms with van der Waals surface area (Å²) in [5.41, 5.74) is 1.54. The minimum atomic E-state index is -0.441. The largest absolute Gasteiger partial charge is 0.446 e. The molecule has 0 saturated carbocycles. The van der Waals surface area contributed by atoms with Crippen LogP contribution in [0, 0.1) is 6.92 Å². The van der Waals surface area contributed by atoms with Gasteiger partial charge in [0.15, 0.2) is 5.65 Å². The van der Waals surface area contributed by atoms with Gasteiger partial charge in [0.05, 0.1) is 0 Å². The molecule has 0 spiro atoms. The second-order valence-electron chi connectivity index (χ2n) is 2.38. The molecular formula is C7H6N2O2. The molecule has 0 fully saturated rings. The Kier molecular flexibility index (Phi) is 1.09. The van der Waals surface area contributed by atoms with Crippen LogP contribution in [0.2, 0.25) is 0 Å². The van der Waals surface area contributed by atoms with Crippen LogP contribution in [0.4, 0.5) is 0 Å². The molecule has 2 heterocycles. The van der Waals surface area contributed by atoms with Gasteiger partial charge in [-0.2, -0.15) is 0 Å². The van der Waals surface area contributed by atoms with Crippen LogP contribution in [-0.4, -0.2) is 9.56 Å². The maximum absolute atomic E-state index is 10.9. The molecule has 2 rings (SSSR count). The second-order valence-corrected chi connectivity index (χ2v) is 2.38. The quantitative estimate of drug-likeness (QED) is 0.552. The molecule has 56 valence electrons. The van der Waals surface area contributed by atoms with Crippen LogP contribution in [-0.2, 0) is 0 Å². The van der Waals surface area contributed by atoms with E-state index in [0.29, 0.717) is 5.65 Å². The summed E-state index contributed by atoms with van der Waals surface area (Å²) in [7, 11) is 0. The van der Waals surface area contributed by atoms with E-state index in [1.54, 1.807) is 12.3 Å². The van der Waals surface area contributed by atoms with E-state index >= 15 is 0 Å². The SMILES string of the molecule is Cc1ccc2noc(=O)n2c1. The minimum Gasteiger partial charge on any atom is -0.295 e. The first-order chi connectivity index (χ1) is 5.27. The number of pyridine rings is 1. The number of hydrogen-bond donors (Lipinski definition) is 0. The third-order valence-corrected chi connectivity index (χ3v) is 1.49. The molecule has 0 bridgehead atoms. The molecule has 11 heavy (non-hydrogen) atoms. The Bertz CT molecular complexity index is 441. The minimum absolute atomic E-state index is 0.441. The third-order valence-electron chi connectivity index (χ3n) is 1.49. The number of aromatic nitrogens is 2. The van der Waals surface area contributed by atoms with E-state index in [2.05, 4.69) is 9.68 Å². The van der Waals surface area contributed by atoms with Gasteiger partial charge in [-0.3, -0.25) is 4.52 Å². The van der Waals surface area contributed by atoms with Crippen LogP contribution in [0.15, 0.2) is 27.6 Å². The molecule has 2 aromatic rings. The Labute approximate surface area is 62.1 Å². The molecule has 0 unspecified atom stereocenters. The molecule has 0 atom stereocenters. The average Bonchev–Trinajstić information content (AvgIpc) is 2.33. The fourth-order valence-corrected chi connectivity index (χ4v) is 0.950. The molecular weight excluding hydrogens is 144 g/mol. The summed E-state index contributed by atoms with van der Waals surface area (Å²) in [6, 6.07) is 3.61. The zero-order valence-corrected chi connectivity index (χ0v) is 5.94. The molecule has 0 saturated heterocycles. The highest BCUT2D eigenvalue weighted by Gasteiger charge is 1.99. The summed E-state index contributed by atoms with van der Waals surface area (Å²) < 4.78 is 5.80. The van der Waals surface area contributed by atoms with Crippen molar-refractivity contribution in [1.29, 1.82) is 0 Å². The lowest BCUT2D eigenvalue weighted by atomic mass is 10.3. The van der Waals surface area contributed by atoms with Crippen LogP contribution in [0.25, 0.3) is 5.65 Å². The molecule has 0 N–H and O–H groups in total. The lowest BCUT2D eigenvalue weighted by molar-refractivity contribution is 0.387. The molecule has 0 aromatic carbocycles. The van der Waals surface area contributed by atoms with Crippen LogP contribution < -0.4 is 5.76 Å². The van der Waals surface area contributed by atoms with Gasteiger partial charge in [0.25, 0.3) is 0 Å². The van der Waals surface area contributed by atoms with Crippen molar-refractivity contribution in [3.8, 4) is 0 Å². The smallest absolute Gasteiger partial charge is 0.295 e. The predicted octanol–water partition coefficient (Wildman–Crippen LogP) is 0.596. The van der Waals surface area contributed by atoms with Gasteiger partial charge in [-0.15, -0.1) is 0 Å². The lowest BCUT2D eigenvalue weighted by Crippen LogP contribution is -2.04. The van der Waals surface area contributed by atoms with Crippen molar-refractivity contribution < 1.29 is 4.52 Å². The summed E-state index contributed by atoms with van der Waals surface area (Å²) in [5.74, 6) is -0.441. The highest BCUT2D eigenvalue weighted by Crippen LogP contribution is 1.99. The topological polar surface area (TPSA) is 47.5 Å². The third kappa shape index (κ3) is 0.832. The van der Waals surface area contributed by atoms with Crippen molar-refractivity contribution in [3.05, 3.63) is 34.4 Å². The molecule has 0 aliphatic carbocycles. The normalized spacial score (nSPS) is 10.6. The molecule has 4 heteroatoms. The molecule has 0 aliphatic heterocycles. The highest BCUT2D eigenvalue weighted by atomic mass is 16.5. The van der Waals surface area contributed by atoms with Crippen LogP contribution in [0.3, 0.4) is 0 Å². The zero-order chi connectivity index (χ0) is 7.84. The Balaban J connectivity index is 2.99. The van der Waals surface area contributed by atoms with E-state index in [1.807, 2.05) is 13.0 Å². The fourth-order valence-electron chi connectivity index (χ4n) is 0.950. The highest BCUT2D eigenvalue weighted by molar-refractivity contribution is 5.36. The first kappa shape index (κ1) is 6.15. The van der Waals surface area contributed by atoms with Crippen LogP contribution in [0.1, 0.15) is 5.56 Å². The Morgan fingerprint density at radius 1 is 1.55 bits per heavy atom. The first-order valence-electron chi connectivity index (χ1n) is 3.22. The maximum atomic E-state index is 10.9. The van der Waals surface area contributed by atoms with Crippen molar-refractivity contribution in [2.45, 2.75) is 6.92 Å². The standard InChI is InChI=1S/C7H6N2O2/c1-5-2-3-6-8-11-7(10)9(6)4-5/h2-4H,1H3. The fraction of sp³-hybridized carbons (Fsp3) is 0.143. The Hall–Kier alpha value is -1.58. The van der Waals surface area contributed by atoms with Gasteiger partial charge in [-0.25, -0.2) is 9.20 Å². The second kappa shape index (κ2) is 1.95. The van der Waals surface area contributed by atoms with Gasteiger partial charge in [0, 0.05) is 6.20 Å². The van der Waals surface area contributed by atoms with Gasteiger partial charge in [0.1, 0.15) is 0 Å². The van der Waals surface area contributed by atoms with Crippen molar-refractivity contribution >= 4 is 5.65 Å². The Morgan fingerprint density at radius 3 is 3.18 bits per heavy atom. The number of rotatable bonds is 0.